The number of anilines is 2. The number of amides is 2. The SMILES string of the molecule is CN(C(=O)C1CC(=O)N(c2ccc3c(c2)OCCO3)C1)c1ccon1. The maximum absolute atomic E-state index is 12.6. The number of rotatable bonds is 3. The van der Waals surface area contributed by atoms with Crippen LogP contribution in [0.2, 0.25) is 0 Å². The Kier molecular flexibility index (Phi) is 3.79. The third-order valence-electron chi connectivity index (χ3n) is 4.41. The van der Waals surface area contributed by atoms with E-state index in [2.05, 4.69) is 5.16 Å². The Morgan fingerprint density at radius 3 is 2.80 bits per heavy atom. The minimum absolute atomic E-state index is 0.0939. The third-order valence-corrected chi connectivity index (χ3v) is 4.41. The number of carbonyl (C=O) groups is 2. The summed E-state index contributed by atoms with van der Waals surface area (Å²) in [5, 5.41) is 3.75. The van der Waals surface area contributed by atoms with Crippen molar-refractivity contribution >= 4 is 23.3 Å². The maximum atomic E-state index is 12.6. The number of fused-ring (bicyclic) bond motifs is 1. The van der Waals surface area contributed by atoms with Crippen LogP contribution in [-0.4, -0.2) is 43.8 Å². The molecule has 130 valence electrons. The summed E-state index contributed by atoms with van der Waals surface area (Å²) in [4.78, 5) is 28.1. The number of benzene rings is 1. The van der Waals surface area contributed by atoms with Crippen LogP contribution < -0.4 is 19.3 Å². The average molecular weight is 343 g/mol. The van der Waals surface area contributed by atoms with E-state index in [9.17, 15) is 9.59 Å². The standard InChI is InChI=1S/C17H17N3O5/c1-19(15-4-5-25-18-15)17(22)11-8-16(21)20(10-11)12-2-3-13-14(9-12)24-7-6-23-13/h2-5,9,11H,6-8,10H2,1H3. The third kappa shape index (κ3) is 2.79. The Morgan fingerprint density at radius 1 is 1.24 bits per heavy atom. The molecule has 0 saturated carbocycles. The molecule has 0 radical (unpaired) electrons. The van der Waals surface area contributed by atoms with Crippen molar-refractivity contribution in [3.63, 3.8) is 0 Å². The van der Waals surface area contributed by atoms with Crippen LogP contribution in [-0.2, 0) is 9.59 Å². The highest BCUT2D eigenvalue weighted by Crippen LogP contribution is 2.36. The summed E-state index contributed by atoms with van der Waals surface area (Å²) < 4.78 is 15.8. The molecule has 2 aliphatic rings. The summed E-state index contributed by atoms with van der Waals surface area (Å²) in [6.07, 6.45) is 1.57. The lowest BCUT2D eigenvalue weighted by molar-refractivity contribution is -0.124. The fourth-order valence-corrected chi connectivity index (χ4v) is 3.09. The summed E-state index contributed by atoms with van der Waals surface area (Å²) >= 11 is 0. The van der Waals surface area contributed by atoms with Gasteiger partial charge in [0, 0.05) is 37.8 Å². The van der Waals surface area contributed by atoms with Gasteiger partial charge in [0.25, 0.3) is 0 Å². The molecule has 0 aliphatic carbocycles. The zero-order chi connectivity index (χ0) is 17.4. The lowest BCUT2D eigenvalue weighted by Gasteiger charge is -2.22. The van der Waals surface area contributed by atoms with Crippen LogP contribution in [0.4, 0.5) is 11.5 Å². The van der Waals surface area contributed by atoms with Crippen molar-refractivity contribution in [3.05, 3.63) is 30.5 Å². The van der Waals surface area contributed by atoms with Crippen LogP contribution in [0, 0.1) is 5.92 Å². The number of carbonyl (C=O) groups excluding carboxylic acids is 2. The van der Waals surface area contributed by atoms with Crippen molar-refractivity contribution in [1.29, 1.82) is 0 Å². The van der Waals surface area contributed by atoms with Gasteiger partial charge >= 0.3 is 0 Å². The Hall–Kier alpha value is -3.03. The predicted molar refractivity (Wildman–Crippen MR) is 87.8 cm³/mol. The molecule has 1 aromatic carbocycles. The van der Waals surface area contributed by atoms with E-state index in [0.29, 0.717) is 42.8 Å². The van der Waals surface area contributed by atoms with Crippen molar-refractivity contribution in [1.82, 2.24) is 5.16 Å². The summed E-state index contributed by atoms with van der Waals surface area (Å²) in [7, 11) is 1.62. The highest BCUT2D eigenvalue weighted by Gasteiger charge is 2.37. The molecule has 3 heterocycles. The highest BCUT2D eigenvalue weighted by molar-refractivity contribution is 6.04. The molecule has 8 heteroatoms. The largest absolute Gasteiger partial charge is 0.486 e. The molecule has 0 N–H and O–H groups in total. The molecule has 0 bridgehead atoms. The first-order valence-corrected chi connectivity index (χ1v) is 8.01. The molecule has 4 rings (SSSR count). The van der Waals surface area contributed by atoms with Crippen LogP contribution in [0.3, 0.4) is 0 Å². The van der Waals surface area contributed by atoms with Gasteiger partial charge in [-0.2, -0.15) is 0 Å². The van der Waals surface area contributed by atoms with E-state index >= 15 is 0 Å². The van der Waals surface area contributed by atoms with Gasteiger partial charge in [-0.05, 0) is 12.1 Å². The molecule has 2 aromatic rings. The molecule has 1 fully saturated rings. The second kappa shape index (κ2) is 6.12. The lowest BCUT2D eigenvalue weighted by Crippen LogP contribution is -2.34. The van der Waals surface area contributed by atoms with E-state index < -0.39 is 5.92 Å². The van der Waals surface area contributed by atoms with Gasteiger partial charge in [0.1, 0.15) is 19.5 Å². The van der Waals surface area contributed by atoms with Gasteiger partial charge in [0.05, 0.1) is 5.92 Å². The number of ether oxygens (including phenoxy) is 2. The minimum Gasteiger partial charge on any atom is -0.486 e. The molecule has 8 nitrogen and oxygen atoms in total. The first-order valence-electron chi connectivity index (χ1n) is 8.01. The number of nitrogens with zero attached hydrogens (tertiary/aromatic N) is 3. The van der Waals surface area contributed by atoms with Crippen molar-refractivity contribution in [2.45, 2.75) is 6.42 Å². The summed E-state index contributed by atoms with van der Waals surface area (Å²) in [5.74, 6) is 1.02. The molecule has 2 amide bonds. The van der Waals surface area contributed by atoms with Gasteiger partial charge < -0.3 is 18.9 Å². The van der Waals surface area contributed by atoms with Crippen LogP contribution in [0.25, 0.3) is 0 Å². The van der Waals surface area contributed by atoms with Gasteiger partial charge in [-0.3, -0.25) is 14.5 Å². The molecular weight excluding hydrogens is 326 g/mol. The normalized spacial score (nSPS) is 19.2. The highest BCUT2D eigenvalue weighted by atomic mass is 16.6. The van der Waals surface area contributed by atoms with Gasteiger partial charge in [-0.1, -0.05) is 5.16 Å². The van der Waals surface area contributed by atoms with Gasteiger partial charge in [0.15, 0.2) is 17.3 Å². The van der Waals surface area contributed by atoms with Gasteiger partial charge in [-0.15, -0.1) is 0 Å². The van der Waals surface area contributed by atoms with E-state index in [4.69, 9.17) is 14.0 Å². The smallest absolute Gasteiger partial charge is 0.233 e. The van der Waals surface area contributed by atoms with E-state index in [-0.39, 0.29) is 18.2 Å². The molecule has 1 unspecified atom stereocenters. The molecule has 0 spiro atoms. The molecule has 1 aromatic heterocycles. The van der Waals surface area contributed by atoms with Crippen LogP contribution in [0.1, 0.15) is 6.42 Å². The monoisotopic (exact) mass is 343 g/mol. The summed E-state index contributed by atoms with van der Waals surface area (Å²) in [5.41, 5.74) is 0.702. The Labute approximate surface area is 143 Å². The van der Waals surface area contributed by atoms with Gasteiger partial charge in [-0.25, -0.2) is 0 Å². The van der Waals surface area contributed by atoms with Gasteiger partial charge in [0.2, 0.25) is 11.8 Å². The molecule has 1 saturated heterocycles. The second-order valence-corrected chi connectivity index (χ2v) is 5.99. The van der Waals surface area contributed by atoms with Crippen molar-refractivity contribution < 1.29 is 23.6 Å². The first-order chi connectivity index (χ1) is 12.1. The molecule has 2 aliphatic heterocycles. The Morgan fingerprint density at radius 2 is 2.04 bits per heavy atom. The predicted octanol–water partition coefficient (Wildman–Crippen LogP) is 1.46. The number of hydrogen-bond acceptors (Lipinski definition) is 6. The van der Waals surface area contributed by atoms with Crippen LogP contribution in [0.15, 0.2) is 35.1 Å². The zero-order valence-corrected chi connectivity index (χ0v) is 13.7. The Balaban J connectivity index is 1.51. The first kappa shape index (κ1) is 15.5. The summed E-state index contributed by atoms with van der Waals surface area (Å²) in [6, 6.07) is 6.97. The van der Waals surface area contributed by atoms with E-state index in [1.807, 2.05) is 0 Å². The minimum atomic E-state index is -0.428. The van der Waals surface area contributed by atoms with Crippen molar-refractivity contribution in [2.24, 2.45) is 5.92 Å². The lowest BCUT2D eigenvalue weighted by atomic mass is 10.1. The number of hydrogen-bond donors (Lipinski definition) is 0. The fraction of sp³-hybridized carbons (Fsp3) is 0.353. The van der Waals surface area contributed by atoms with Crippen molar-refractivity contribution in [3.8, 4) is 11.5 Å². The Bertz CT molecular complexity index is 805. The average Bonchev–Trinajstić information content (AvgIpc) is 3.30. The number of aromatic nitrogens is 1. The van der Waals surface area contributed by atoms with Crippen LogP contribution in [0.5, 0.6) is 11.5 Å². The molecule has 1 atom stereocenters. The molecular formula is C17H17N3O5. The topological polar surface area (TPSA) is 85.1 Å². The molecule has 25 heavy (non-hydrogen) atoms. The van der Waals surface area contributed by atoms with E-state index in [1.165, 1.54) is 11.2 Å². The van der Waals surface area contributed by atoms with E-state index in [1.54, 1.807) is 36.2 Å². The quantitative estimate of drug-likeness (QED) is 0.839. The fourth-order valence-electron chi connectivity index (χ4n) is 3.09. The second-order valence-electron chi connectivity index (χ2n) is 5.99. The maximum Gasteiger partial charge on any atom is 0.233 e. The van der Waals surface area contributed by atoms with E-state index in [0.717, 1.165) is 0 Å². The summed E-state index contributed by atoms with van der Waals surface area (Å²) in [6.45, 7) is 1.31. The van der Waals surface area contributed by atoms with Crippen molar-refractivity contribution in [2.75, 3.05) is 36.6 Å². The van der Waals surface area contributed by atoms with Crippen LogP contribution >= 0.6 is 0 Å². The zero-order valence-electron chi connectivity index (χ0n) is 13.7.